The van der Waals surface area contributed by atoms with Crippen LogP contribution < -0.4 is 0 Å². The molecule has 0 amide bonds. The first kappa shape index (κ1) is 15.0. The van der Waals surface area contributed by atoms with Crippen molar-refractivity contribution >= 4 is 19.8 Å². The molecule has 2 aromatic carbocycles. The molecule has 0 fully saturated rings. The Morgan fingerprint density at radius 1 is 0.900 bits per heavy atom. The van der Waals surface area contributed by atoms with Gasteiger partial charge in [0.1, 0.15) is 8.07 Å². The van der Waals surface area contributed by atoms with Crippen LogP contribution in [0.1, 0.15) is 5.56 Å². The average Bonchev–Trinajstić information content (AvgIpc) is 2.40. The Morgan fingerprint density at radius 2 is 1.55 bits per heavy atom. The molecule has 0 N–H and O–H groups in total. The molecule has 2 aromatic rings. The van der Waals surface area contributed by atoms with Crippen LogP contribution in [0.4, 0.5) is 0 Å². The van der Waals surface area contributed by atoms with Gasteiger partial charge in [-0.3, -0.25) is 0 Å². The van der Waals surface area contributed by atoms with Gasteiger partial charge in [0.2, 0.25) is 0 Å². The predicted octanol–water partition coefficient (Wildman–Crippen LogP) is 5.26. The third-order valence-corrected chi connectivity index (χ3v) is 4.74. The summed E-state index contributed by atoms with van der Waals surface area (Å²) in [5, 5.41) is 0. The molecule has 0 aliphatic rings. The molecule has 0 saturated heterocycles. The molecule has 0 aliphatic carbocycles. The maximum Gasteiger partial charge on any atom is 0.129 e. The largest absolute Gasteiger partial charge is 0.132 e. The highest BCUT2D eigenvalue weighted by Gasteiger charge is 2.07. The molecule has 0 spiro atoms. The van der Waals surface area contributed by atoms with E-state index >= 15 is 0 Å². The number of rotatable bonds is 3. The second-order valence-corrected chi connectivity index (χ2v) is 11.6. The summed E-state index contributed by atoms with van der Waals surface area (Å²) in [4.78, 5) is 2.58. The maximum absolute atomic E-state index is 3.44. The Balaban J connectivity index is 2.16. The molecule has 0 aromatic heterocycles. The fourth-order valence-corrected chi connectivity index (χ4v) is 3.35. The van der Waals surface area contributed by atoms with Gasteiger partial charge in [0.25, 0.3) is 0 Å². The predicted molar refractivity (Wildman–Crippen MR) is 91.8 cm³/mol. The quantitative estimate of drug-likeness (QED) is 0.550. The summed E-state index contributed by atoms with van der Waals surface area (Å²) in [6, 6.07) is 19.1. The van der Waals surface area contributed by atoms with E-state index in [0.29, 0.717) is 0 Å². The summed E-state index contributed by atoms with van der Waals surface area (Å²) >= 11 is 1.82. The van der Waals surface area contributed by atoms with Gasteiger partial charge in [-0.2, -0.15) is 0 Å². The van der Waals surface area contributed by atoms with E-state index in [1.165, 1.54) is 15.4 Å². The topological polar surface area (TPSA) is 0 Å². The summed E-state index contributed by atoms with van der Waals surface area (Å²) in [7, 11) is -1.27. The van der Waals surface area contributed by atoms with Crippen LogP contribution >= 0.6 is 11.8 Å². The van der Waals surface area contributed by atoms with Gasteiger partial charge in [0.05, 0.1) is 0 Å². The molecule has 0 nitrogen and oxygen atoms in total. The average molecular weight is 297 g/mol. The van der Waals surface area contributed by atoms with E-state index in [9.17, 15) is 0 Å². The lowest BCUT2D eigenvalue weighted by Crippen LogP contribution is -2.16. The van der Waals surface area contributed by atoms with Gasteiger partial charge in [-0.1, -0.05) is 67.8 Å². The fraction of sp³-hybridized carbons (Fsp3) is 0.222. The number of benzene rings is 2. The van der Waals surface area contributed by atoms with Crippen molar-refractivity contribution in [3.63, 3.8) is 0 Å². The lowest BCUT2D eigenvalue weighted by Gasteiger charge is -2.07. The standard InChI is InChI=1S/C18H20SSi/c1-20(2,3)15-9-11-16-10-7-8-14-18(16)19-17-12-5-4-6-13-17/h4-8,10,12-14H,11H2,1-3H3. The summed E-state index contributed by atoms with van der Waals surface area (Å²) in [5.74, 6) is 3.37. The fourth-order valence-electron chi connectivity index (χ4n) is 1.77. The van der Waals surface area contributed by atoms with Crippen molar-refractivity contribution in [2.45, 2.75) is 35.9 Å². The van der Waals surface area contributed by atoms with Gasteiger partial charge < -0.3 is 0 Å². The van der Waals surface area contributed by atoms with Crippen LogP contribution in [0.5, 0.6) is 0 Å². The molecular formula is C18H20SSi. The van der Waals surface area contributed by atoms with Gasteiger partial charge in [-0.25, -0.2) is 0 Å². The smallest absolute Gasteiger partial charge is 0.129 e. The Bertz CT molecular complexity index is 615. The van der Waals surface area contributed by atoms with Crippen LogP contribution in [0.2, 0.25) is 19.6 Å². The van der Waals surface area contributed by atoms with Crippen molar-refractivity contribution in [2.24, 2.45) is 0 Å². The molecule has 102 valence electrons. The zero-order chi connectivity index (χ0) is 14.4. The van der Waals surface area contributed by atoms with E-state index in [1.807, 2.05) is 11.8 Å². The summed E-state index contributed by atoms with van der Waals surface area (Å²) < 4.78 is 0. The highest BCUT2D eigenvalue weighted by atomic mass is 32.2. The highest BCUT2D eigenvalue weighted by molar-refractivity contribution is 7.99. The molecule has 2 heteroatoms. The first-order valence-corrected chi connectivity index (χ1v) is 11.2. The lowest BCUT2D eigenvalue weighted by molar-refractivity contribution is 1.21. The van der Waals surface area contributed by atoms with Crippen molar-refractivity contribution < 1.29 is 0 Å². The van der Waals surface area contributed by atoms with E-state index in [0.717, 1.165) is 6.42 Å². The molecule has 0 radical (unpaired) electrons. The molecule has 2 rings (SSSR count). The van der Waals surface area contributed by atoms with E-state index in [-0.39, 0.29) is 0 Å². The van der Waals surface area contributed by atoms with Gasteiger partial charge >= 0.3 is 0 Å². The van der Waals surface area contributed by atoms with Crippen molar-refractivity contribution in [1.82, 2.24) is 0 Å². The van der Waals surface area contributed by atoms with Crippen molar-refractivity contribution in [3.8, 4) is 11.5 Å². The maximum atomic E-state index is 3.44. The zero-order valence-corrected chi connectivity index (χ0v) is 14.1. The Morgan fingerprint density at radius 3 is 2.25 bits per heavy atom. The molecule has 0 atom stereocenters. The molecule has 0 aliphatic heterocycles. The van der Waals surface area contributed by atoms with Crippen molar-refractivity contribution in [3.05, 3.63) is 60.2 Å². The van der Waals surface area contributed by atoms with Gasteiger partial charge in [-0.05, 0) is 23.8 Å². The third-order valence-electron chi connectivity index (χ3n) is 2.69. The van der Waals surface area contributed by atoms with E-state index in [4.69, 9.17) is 0 Å². The molecule has 20 heavy (non-hydrogen) atoms. The Hall–Kier alpha value is -1.43. The van der Waals surface area contributed by atoms with Crippen LogP contribution in [-0.2, 0) is 6.42 Å². The summed E-state index contributed by atoms with van der Waals surface area (Å²) in [6.07, 6.45) is 0.847. The second kappa shape index (κ2) is 6.83. The van der Waals surface area contributed by atoms with Crippen LogP contribution in [-0.4, -0.2) is 8.07 Å². The van der Waals surface area contributed by atoms with E-state index < -0.39 is 8.07 Å². The highest BCUT2D eigenvalue weighted by Crippen LogP contribution is 2.30. The minimum absolute atomic E-state index is 0.847. The number of hydrogen-bond acceptors (Lipinski definition) is 1. The Labute approximate surface area is 127 Å². The monoisotopic (exact) mass is 296 g/mol. The van der Waals surface area contributed by atoms with Crippen LogP contribution in [0.3, 0.4) is 0 Å². The molecule has 0 bridgehead atoms. The zero-order valence-electron chi connectivity index (χ0n) is 12.3. The first-order chi connectivity index (χ1) is 9.54. The van der Waals surface area contributed by atoms with Gasteiger partial charge in [-0.15, -0.1) is 11.5 Å². The Kier molecular flexibility index (Phi) is 5.11. The second-order valence-electron chi connectivity index (χ2n) is 5.75. The van der Waals surface area contributed by atoms with Crippen LogP contribution in [0.25, 0.3) is 0 Å². The van der Waals surface area contributed by atoms with Gasteiger partial charge in [0.15, 0.2) is 0 Å². The summed E-state index contributed by atoms with van der Waals surface area (Å²) in [6.45, 7) is 6.85. The molecule has 0 heterocycles. The van der Waals surface area contributed by atoms with Crippen molar-refractivity contribution in [2.75, 3.05) is 0 Å². The van der Waals surface area contributed by atoms with Crippen LogP contribution in [0, 0.1) is 11.5 Å². The minimum Gasteiger partial charge on any atom is -0.132 e. The minimum atomic E-state index is -1.27. The molecule has 0 saturated carbocycles. The van der Waals surface area contributed by atoms with Crippen LogP contribution in [0.15, 0.2) is 64.4 Å². The lowest BCUT2D eigenvalue weighted by atomic mass is 10.2. The number of hydrogen-bond donors (Lipinski definition) is 0. The first-order valence-electron chi connectivity index (χ1n) is 6.85. The summed E-state index contributed by atoms with van der Waals surface area (Å²) in [5.41, 5.74) is 4.77. The third kappa shape index (κ3) is 4.92. The normalized spacial score (nSPS) is 10.8. The molecule has 0 unspecified atom stereocenters. The SMILES string of the molecule is C[Si](C)(C)C#CCc1ccccc1Sc1ccccc1. The van der Waals surface area contributed by atoms with Crippen molar-refractivity contribution in [1.29, 1.82) is 0 Å². The van der Waals surface area contributed by atoms with Gasteiger partial charge in [0, 0.05) is 16.2 Å². The molecular weight excluding hydrogens is 276 g/mol. The van der Waals surface area contributed by atoms with E-state index in [2.05, 4.69) is 85.7 Å². The van der Waals surface area contributed by atoms with E-state index in [1.54, 1.807) is 0 Å².